The maximum Gasteiger partial charge on any atom is 0.370 e. The molecule has 27 heavy (non-hydrogen) atoms. The van der Waals surface area contributed by atoms with E-state index in [1.807, 2.05) is 91.0 Å². The summed E-state index contributed by atoms with van der Waals surface area (Å²) in [5.41, 5.74) is 2.21. The van der Waals surface area contributed by atoms with Gasteiger partial charge in [-0.2, -0.15) is 0 Å². The van der Waals surface area contributed by atoms with E-state index in [1.165, 1.54) is 9.36 Å². The molecule has 1 heterocycles. The van der Waals surface area contributed by atoms with Crippen LogP contribution in [-0.2, 0) is 6.42 Å². The van der Waals surface area contributed by atoms with E-state index in [4.69, 9.17) is 0 Å². The number of hydrogen-bond acceptors (Lipinski definition) is 3. The number of benzene rings is 3. The minimum Gasteiger partial charge on any atom is -0.476 e. The summed E-state index contributed by atoms with van der Waals surface area (Å²) in [5.74, 6) is -0.151. The lowest BCUT2D eigenvalue weighted by Crippen LogP contribution is -2.45. The molecule has 3 aromatic carbocycles. The first kappa shape index (κ1) is 16.7. The number of rotatable bonds is 4. The zero-order valence-electron chi connectivity index (χ0n) is 14.6. The van der Waals surface area contributed by atoms with Gasteiger partial charge in [0.2, 0.25) is 0 Å². The van der Waals surface area contributed by atoms with Crippen LogP contribution in [0.15, 0.2) is 95.8 Å². The number of para-hydroxylation sites is 2. The molecule has 0 aliphatic heterocycles. The van der Waals surface area contributed by atoms with Gasteiger partial charge in [-0.05, 0) is 29.8 Å². The first-order valence-electron chi connectivity index (χ1n) is 8.66. The highest BCUT2D eigenvalue weighted by atomic mass is 16.3. The predicted molar refractivity (Wildman–Crippen MR) is 102 cm³/mol. The standard InChI is InChI=1S/C22H17N3O2/c26-21-20(16-17-10-4-1-5-11-17)22(27)25(19-14-8-3-9-15-19)23-24(21)18-12-6-2-7-13-18/h1-15H,16H2/p+1. The molecule has 132 valence electrons. The first-order chi connectivity index (χ1) is 13.2. The maximum atomic E-state index is 13.1. The van der Waals surface area contributed by atoms with E-state index in [0.29, 0.717) is 23.4 Å². The van der Waals surface area contributed by atoms with Gasteiger partial charge in [-0.25, -0.2) is 4.79 Å². The third kappa shape index (κ3) is 3.35. The van der Waals surface area contributed by atoms with Gasteiger partial charge in [0.15, 0.2) is 11.4 Å². The third-order valence-electron chi connectivity index (χ3n) is 4.33. The summed E-state index contributed by atoms with van der Waals surface area (Å²) < 4.78 is 2.72. The molecule has 0 saturated carbocycles. The van der Waals surface area contributed by atoms with Crippen molar-refractivity contribution in [1.82, 2.24) is 9.90 Å². The van der Waals surface area contributed by atoms with Crippen LogP contribution in [-0.4, -0.2) is 15.0 Å². The molecule has 0 atom stereocenters. The number of hydrogen-bond donors (Lipinski definition) is 1. The van der Waals surface area contributed by atoms with E-state index in [9.17, 15) is 9.90 Å². The Bertz CT molecular complexity index is 1110. The number of nitrogens with zero attached hydrogens (tertiary/aromatic N) is 3. The van der Waals surface area contributed by atoms with Crippen LogP contribution in [0.2, 0.25) is 0 Å². The molecule has 0 spiro atoms. The zero-order chi connectivity index (χ0) is 18.6. The van der Waals surface area contributed by atoms with E-state index in [1.54, 1.807) is 0 Å². The number of aromatic hydroxyl groups is 1. The van der Waals surface area contributed by atoms with Crippen molar-refractivity contribution < 1.29 is 9.79 Å². The van der Waals surface area contributed by atoms with Crippen LogP contribution in [0.1, 0.15) is 11.1 Å². The Balaban J connectivity index is 1.95. The van der Waals surface area contributed by atoms with E-state index in [-0.39, 0.29) is 11.4 Å². The molecule has 1 aromatic heterocycles. The average molecular weight is 356 g/mol. The van der Waals surface area contributed by atoms with Gasteiger partial charge in [-0.3, -0.25) is 0 Å². The normalized spacial score (nSPS) is 10.7. The highest BCUT2D eigenvalue weighted by Crippen LogP contribution is 2.15. The lowest BCUT2D eigenvalue weighted by Gasteiger charge is -2.07. The van der Waals surface area contributed by atoms with E-state index in [2.05, 4.69) is 5.21 Å². The topological polar surface area (TPSA) is 59.0 Å². The van der Waals surface area contributed by atoms with Gasteiger partial charge in [-0.1, -0.05) is 76.1 Å². The molecule has 0 radical (unpaired) electrons. The molecule has 0 aliphatic carbocycles. The summed E-state index contributed by atoms with van der Waals surface area (Å²) in [6.07, 6.45) is 0.313. The Hall–Kier alpha value is -3.73. The van der Waals surface area contributed by atoms with Crippen LogP contribution >= 0.6 is 0 Å². The fourth-order valence-electron chi connectivity index (χ4n) is 2.96. The van der Waals surface area contributed by atoms with Crippen LogP contribution in [0.5, 0.6) is 5.88 Å². The minimum atomic E-state index is -0.338. The molecule has 0 amide bonds. The predicted octanol–water partition coefficient (Wildman–Crippen LogP) is 2.81. The monoisotopic (exact) mass is 356 g/mol. The highest BCUT2D eigenvalue weighted by molar-refractivity contribution is 5.34. The van der Waals surface area contributed by atoms with E-state index in [0.717, 1.165) is 5.56 Å². The minimum absolute atomic E-state index is 0.151. The van der Waals surface area contributed by atoms with Gasteiger partial charge in [0.05, 0.1) is 0 Å². The van der Waals surface area contributed by atoms with Crippen LogP contribution in [0.3, 0.4) is 0 Å². The quantitative estimate of drug-likeness (QED) is 0.572. The van der Waals surface area contributed by atoms with Gasteiger partial charge in [0.1, 0.15) is 10.8 Å². The van der Waals surface area contributed by atoms with Gasteiger partial charge in [0.25, 0.3) is 0 Å². The Morgan fingerprint density at radius 2 is 1.37 bits per heavy atom. The molecular weight excluding hydrogens is 338 g/mol. The molecule has 0 aliphatic rings. The fourth-order valence-corrected chi connectivity index (χ4v) is 2.96. The van der Waals surface area contributed by atoms with Gasteiger partial charge in [-0.15, -0.1) is 0 Å². The van der Waals surface area contributed by atoms with Crippen molar-refractivity contribution in [2.75, 3.05) is 0 Å². The summed E-state index contributed by atoms with van der Waals surface area (Å²) in [6, 6.07) is 28.1. The zero-order valence-corrected chi connectivity index (χ0v) is 14.6. The van der Waals surface area contributed by atoms with Crippen LogP contribution in [0.25, 0.3) is 11.4 Å². The summed E-state index contributed by atoms with van der Waals surface area (Å²) in [5, 5.41) is 15.2. The molecule has 0 bridgehead atoms. The summed E-state index contributed by atoms with van der Waals surface area (Å²) in [4.78, 5) is 13.1. The first-order valence-corrected chi connectivity index (χ1v) is 8.66. The maximum absolute atomic E-state index is 13.1. The van der Waals surface area contributed by atoms with Crippen LogP contribution < -0.4 is 10.2 Å². The summed E-state index contributed by atoms with van der Waals surface area (Å²) >= 11 is 0. The van der Waals surface area contributed by atoms with Crippen molar-refractivity contribution in [3.63, 3.8) is 0 Å². The molecule has 4 aromatic rings. The van der Waals surface area contributed by atoms with Crippen LogP contribution in [0.4, 0.5) is 0 Å². The van der Waals surface area contributed by atoms with Gasteiger partial charge in [0, 0.05) is 6.42 Å². The summed E-state index contributed by atoms with van der Waals surface area (Å²) in [7, 11) is 0. The van der Waals surface area contributed by atoms with E-state index < -0.39 is 0 Å². The second-order valence-electron chi connectivity index (χ2n) is 6.15. The lowest BCUT2D eigenvalue weighted by molar-refractivity contribution is -0.675. The molecular formula is C22H18N3O2+. The molecule has 4 rings (SSSR count). The molecule has 0 saturated heterocycles. The van der Waals surface area contributed by atoms with Crippen LogP contribution in [0, 0.1) is 0 Å². The van der Waals surface area contributed by atoms with Crippen molar-refractivity contribution in [3.8, 4) is 17.3 Å². The van der Waals surface area contributed by atoms with Crippen molar-refractivity contribution in [2.24, 2.45) is 0 Å². The SMILES string of the molecule is O=c1c(Cc2ccccc2)c(O)[n+](-c2ccccc2)nn1-c1ccccc1. The third-order valence-corrected chi connectivity index (χ3v) is 4.33. The van der Waals surface area contributed by atoms with Gasteiger partial charge >= 0.3 is 11.4 Å². The largest absolute Gasteiger partial charge is 0.476 e. The fraction of sp³-hybridized carbons (Fsp3) is 0.0455. The van der Waals surface area contributed by atoms with Gasteiger partial charge < -0.3 is 5.11 Å². The van der Waals surface area contributed by atoms with E-state index >= 15 is 0 Å². The Morgan fingerprint density at radius 1 is 0.815 bits per heavy atom. The van der Waals surface area contributed by atoms with Crippen molar-refractivity contribution >= 4 is 0 Å². The molecule has 5 nitrogen and oxygen atoms in total. The summed E-state index contributed by atoms with van der Waals surface area (Å²) in [6.45, 7) is 0. The number of aromatic nitrogens is 3. The Labute approximate surface area is 156 Å². The van der Waals surface area contributed by atoms with Crippen molar-refractivity contribution in [1.29, 1.82) is 0 Å². The average Bonchev–Trinajstić information content (AvgIpc) is 2.73. The Kier molecular flexibility index (Phi) is 4.49. The molecule has 0 unspecified atom stereocenters. The van der Waals surface area contributed by atoms with Crippen molar-refractivity contribution in [3.05, 3.63) is 112 Å². The second kappa shape index (κ2) is 7.25. The smallest absolute Gasteiger partial charge is 0.370 e. The highest BCUT2D eigenvalue weighted by Gasteiger charge is 2.25. The van der Waals surface area contributed by atoms with Crippen molar-refractivity contribution in [2.45, 2.75) is 6.42 Å². The molecule has 0 fully saturated rings. The Morgan fingerprint density at radius 3 is 2.00 bits per heavy atom. The second-order valence-corrected chi connectivity index (χ2v) is 6.15. The molecule has 1 N–H and O–H groups in total. The lowest BCUT2D eigenvalue weighted by atomic mass is 10.1. The molecule has 5 heteroatoms.